The molecule has 2 rings (SSSR count). The van der Waals surface area contributed by atoms with Crippen molar-refractivity contribution >= 4 is 29.2 Å². The highest BCUT2D eigenvalue weighted by Crippen LogP contribution is 2.22. The van der Waals surface area contributed by atoms with Gasteiger partial charge in [0.15, 0.2) is 6.61 Å². The largest absolute Gasteiger partial charge is 0.454 e. The Morgan fingerprint density at radius 1 is 1.06 bits per heavy atom. The van der Waals surface area contributed by atoms with Gasteiger partial charge < -0.3 is 15.4 Å². The molecule has 2 amide bonds. The van der Waals surface area contributed by atoms with Crippen molar-refractivity contribution in [2.24, 2.45) is 5.92 Å². The molecule has 0 bridgehead atoms. The van der Waals surface area contributed by atoms with Gasteiger partial charge in [-0.1, -0.05) is 37.6 Å². The number of anilines is 1. The van der Waals surface area contributed by atoms with Gasteiger partial charge in [-0.2, -0.15) is 0 Å². The van der Waals surface area contributed by atoms with Gasteiger partial charge in [0, 0.05) is 22.9 Å². The van der Waals surface area contributed by atoms with Crippen molar-refractivity contribution < 1.29 is 24.0 Å². The first kappa shape index (κ1) is 23.5. The van der Waals surface area contributed by atoms with E-state index in [1.165, 1.54) is 18.2 Å². The lowest BCUT2D eigenvalue weighted by Crippen LogP contribution is -2.45. The Labute approximate surface area is 179 Å². The first-order valence-electron chi connectivity index (χ1n) is 9.67. The molecule has 0 unspecified atom stereocenters. The Balaban J connectivity index is 1.96. The molecular formula is C22H25N3O6. The van der Waals surface area contributed by atoms with Crippen LogP contribution < -0.4 is 10.6 Å². The van der Waals surface area contributed by atoms with Crippen LogP contribution in [0.2, 0.25) is 0 Å². The van der Waals surface area contributed by atoms with E-state index in [0.29, 0.717) is 11.1 Å². The van der Waals surface area contributed by atoms with Gasteiger partial charge in [0.25, 0.3) is 17.5 Å². The zero-order valence-electron chi connectivity index (χ0n) is 17.8. The maximum atomic E-state index is 12.4. The maximum absolute atomic E-state index is 12.4. The van der Waals surface area contributed by atoms with Crippen LogP contribution in [-0.2, 0) is 14.3 Å². The van der Waals surface area contributed by atoms with E-state index in [4.69, 9.17) is 4.74 Å². The van der Waals surface area contributed by atoms with Crippen LogP contribution >= 0.6 is 0 Å². The van der Waals surface area contributed by atoms with Crippen LogP contribution in [-0.4, -0.2) is 35.4 Å². The SMILES string of the molecule is Cc1ccc(C(=O)N[C@H](C(=O)OCC(=O)Nc2ccc(C)c([N+](=O)[O-])c2)C(C)C)cc1. The normalized spacial score (nSPS) is 11.5. The fourth-order valence-electron chi connectivity index (χ4n) is 2.73. The number of nitrogens with one attached hydrogen (secondary N) is 2. The number of nitro groups is 1. The van der Waals surface area contributed by atoms with E-state index in [9.17, 15) is 24.5 Å². The van der Waals surface area contributed by atoms with E-state index in [0.717, 1.165) is 5.56 Å². The Morgan fingerprint density at radius 3 is 2.29 bits per heavy atom. The minimum absolute atomic E-state index is 0.131. The topological polar surface area (TPSA) is 128 Å². The van der Waals surface area contributed by atoms with Gasteiger partial charge in [0.1, 0.15) is 6.04 Å². The number of amides is 2. The third-order valence-corrected chi connectivity index (χ3v) is 4.56. The number of benzene rings is 2. The minimum Gasteiger partial charge on any atom is -0.454 e. The van der Waals surface area contributed by atoms with Gasteiger partial charge in [-0.3, -0.25) is 19.7 Å². The fraction of sp³-hybridized carbons (Fsp3) is 0.318. The number of carbonyl (C=O) groups is 3. The first-order chi connectivity index (χ1) is 14.6. The summed E-state index contributed by atoms with van der Waals surface area (Å²) in [5.41, 5.74) is 1.95. The monoisotopic (exact) mass is 427 g/mol. The predicted molar refractivity (Wildman–Crippen MR) is 115 cm³/mol. The number of rotatable bonds is 8. The number of carbonyl (C=O) groups excluding carboxylic acids is 3. The van der Waals surface area contributed by atoms with E-state index < -0.39 is 35.4 Å². The number of hydrogen-bond donors (Lipinski definition) is 2. The third-order valence-electron chi connectivity index (χ3n) is 4.56. The van der Waals surface area contributed by atoms with Crippen molar-refractivity contribution in [2.75, 3.05) is 11.9 Å². The number of hydrogen-bond acceptors (Lipinski definition) is 6. The van der Waals surface area contributed by atoms with Crippen LogP contribution in [0.25, 0.3) is 0 Å². The van der Waals surface area contributed by atoms with Crippen molar-refractivity contribution in [3.8, 4) is 0 Å². The molecule has 0 saturated heterocycles. The molecular weight excluding hydrogens is 402 g/mol. The summed E-state index contributed by atoms with van der Waals surface area (Å²) in [6.45, 7) is 6.38. The lowest BCUT2D eigenvalue weighted by atomic mass is 10.0. The summed E-state index contributed by atoms with van der Waals surface area (Å²) < 4.78 is 5.06. The molecule has 1 atom stereocenters. The number of esters is 1. The smallest absolute Gasteiger partial charge is 0.329 e. The lowest BCUT2D eigenvalue weighted by molar-refractivity contribution is -0.385. The molecule has 2 N–H and O–H groups in total. The average Bonchev–Trinajstić information content (AvgIpc) is 2.71. The number of ether oxygens (including phenoxy) is 1. The summed E-state index contributed by atoms with van der Waals surface area (Å²) in [6, 6.07) is 10.2. The molecule has 0 heterocycles. The number of nitro benzene ring substituents is 1. The van der Waals surface area contributed by atoms with E-state index in [-0.39, 0.29) is 17.3 Å². The first-order valence-corrected chi connectivity index (χ1v) is 9.67. The molecule has 0 fully saturated rings. The summed E-state index contributed by atoms with van der Waals surface area (Å²) in [7, 11) is 0. The highest BCUT2D eigenvalue weighted by molar-refractivity contribution is 5.97. The quantitative estimate of drug-likeness (QED) is 0.378. The van der Waals surface area contributed by atoms with Crippen LogP contribution in [0.15, 0.2) is 42.5 Å². The fourth-order valence-corrected chi connectivity index (χ4v) is 2.73. The zero-order chi connectivity index (χ0) is 23.1. The van der Waals surface area contributed by atoms with Gasteiger partial charge in [0.05, 0.1) is 4.92 Å². The number of aryl methyl sites for hydroxylation is 2. The highest BCUT2D eigenvalue weighted by atomic mass is 16.6. The Bertz CT molecular complexity index is 985. The van der Waals surface area contributed by atoms with Crippen molar-refractivity contribution in [3.63, 3.8) is 0 Å². The van der Waals surface area contributed by atoms with Gasteiger partial charge in [-0.15, -0.1) is 0 Å². The van der Waals surface area contributed by atoms with Crippen LogP contribution in [0.4, 0.5) is 11.4 Å². The highest BCUT2D eigenvalue weighted by Gasteiger charge is 2.27. The van der Waals surface area contributed by atoms with Crippen LogP contribution in [0, 0.1) is 29.9 Å². The summed E-state index contributed by atoms with van der Waals surface area (Å²) >= 11 is 0. The van der Waals surface area contributed by atoms with E-state index in [1.807, 2.05) is 6.92 Å². The van der Waals surface area contributed by atoms with Gasteiger partial charge in [0.2, 0.25) is 0 Å². The second kappa shape index (κ2) is 10.3. The van der Waals surface area contributed by atoms with Crippen LogP contribution in [0.1, 0.15) is 35.3 Å². The van der Waals surface area contributed by atoms with Crippen molar-refractivity contribution in [1.82, 2.24) is 5.32 Å². The molecule has 0 aliphatic heterocycles. The average molecular weight is 427 g/mol. The summed E-state index contributed by atoms with van der Waals surface area (Å²) in [5.74, 6) is -2.10. The van der Waals surface area contributed by atoms with Gasteiger partial charge in [-0.25, -0.2) is 4.79 Å². The minimum atomic E-state index is -0.943. The van der Waals surface area contributed by atoms with Crippen molar-refractivity contribution in [1.29, 1.82) is 0 Å². The molecule has 9 nitrogen and oxygen atoms in total. The standard InChI is InChI=1S/C22H25N3O6/c1-13(2)20(24-21(27)16-8-5-14(3)6-9-16)22(28)31-12-19(26)23-17-10-7-15(4)18(11-17)25(29)30/h5-11,13,20H,12H2,1-4H3,(H,23,26)(H,24,27)/t20-/m0/s1. The summed E-state index contributed by atoms with van der Waals surface area (Å²) in [6.07, 6.45) is 0. The van der Waals surface area contributed by atoms with E-state index in [1.54, 1.807) is 45.0 Å². The lowest BCUT2D eigenvalue weighted by Gasteiger charge is -2.21. The molecule has 31 heavy (non-hydrogen) atoms. The zero-order valence-corrected chi connectivity index (χ0v) is 17.8. The molecule has 0 aliphatic carbocycles. The Kier molecular flexibility index (Phi) is 7.84. The molecule has 0 radical (unpaired) electrons. The molecule has 0 spiro atoms. The van der Waals surface area contributed by atoms with Gasteiger partial charge in [-0.05, 0) is 38.0 Å². The summed E-state index contributed by atoms with van der Waals surface area (Å²) in [4.78, 5) is 47.4. The third kappa shape index (κ3) is 6.63. The molecule has 164 valence electrons. The second-order valence-electron chi connectivity index (χ2n) is 7.48. The molecule has 2 aromatic carbocycles. The van der Waals surface area contributed by atoms with Crippen LogP contribution in [0.5, 0.6) is 0 Å². The van der Waals surface area contributed by atoms with Crippen LogP contribution in [0.3, 0.4) is 0 Å². The van der Waals surface area contributed by atoms with E-state index >= 15 is 0 Å². The van der Waals surface area contributed by atoms with E-state index in [2.05, 4.69) is 10.6 Å². The molecule has 9 heteroatoms. The molecule has 0 aliphatic rings. The number of nitrogens with zero attached hydrogens (tertiary/aromatic N) is 1. The maximum Gasteiger partial charge on any atom is 0.329 e. The Hall–Kier alpha value is -3.75. The predicted octanol–water partition coefficient (Wildman–Crippen LogP) is 3.15. The molecule has 0 aromatic heterocycles. The summed E-state index contributed by atoms with van der Waals surface area (Å²) in [5, 5.41) is 16.1. The van der Waals surface area contributed by atoms with Crippen molar-refractivity contribution in [3.05, 3.63) is 69.3 Å². The second-order valence-corrected chi connectivity index (χ2v) is 7.48. The molecule has 0 saturated carbocycles. The van der Waals surface area contributed by atoms with Gasteiger partial charge >= 0.3 is 5.97 Å². The molecule has 2 aromatic rings. The van der Waals surface area contributed by atoms with Crippen molar-refractivity contribution in [2.45, 2.75) is 33.7 Å². The Morgan fingerprint density at radius 2 is 1.71 bits per heavy atom.